The number of carbonyl (C=O) groups is 1. The van der Waals surface area contributed by atoms with E-state index in [0.29, 0.717) is 16.1 Å². The zero-order chi connectivity index (χ0) is 14.7. The van der Waals surface area contributed by atoms with Crippen molar-refractivity contribution in [3.63, 3.8) is 0 Å². The molecular weight excluding hydrogens is 302 g/mol. The molecule has 0 amide bonds. The third-order valence-electron chi connectivity index (χ3n) is 2.67. The molecule has 0 heterocycles. The molecule has 1 N–H and O–H groups in total. The van der Waals surface area contributed by atoms with E-state index in [1.807, 2.05) is 0 Å². The van der Waals surface area contributed by atoms with Gasteiger partial charge in [-0.1, -0.05) is 47.5 Å². The number of carboxylic acids is 1. The van der Waals surface area contributed by atoms with Gasteiger partial charge in [-0.05, 0) is 23.8 Å². The summed E-state index contributed by atoms with van der Waals surface area (Å²) in [5.74, 6) is -1.61. The van der Waals surface area contributed by atoms with Crippen LogP contribution in [0.25, 0.3) is 17.2 Å². The molecular formula is C15H9Cl2FO2. The van der Waals surface area contributed by atoms with Crippen LogP contribution in [-0.4, -0.2) is 11.1 Å². The van der Waals surface area contributed by atoms with E-state index in [4.69, 9.17) is 28.3 Å². The summed E-state index contributed by atoms with van der Waals surface area (Å²) < 4.78 is 14.1. The maximum absolute atomic E-state index is 14.1. The molecule has 0 atom stereocenters. The van der Waals surface area contributed by atoms with Gasteiger partial charge in [0.25, 0.3) is 0 Å². The molecule has 0 fully saturated rings. The number of hydrogen-bond acceptors (Lipinski definition) is 1. The molecule has 0 aliphatic rings. The molecule has 0 saturated carbocycles. The summed E-state index contributed by atoms with van der Waals surface area (Å²) in [6, 6.07) is 9.27. The first-order chi connectivity index (χ1) is 9.50. The van der Waals surface area contributed by atoms with E-state index in [1.54, 1.807) is 24.3 Å². The van der Waals surface area contributed by atoms with E-state index in [9.17, 15) is 9.18 Å². The molecule has 0 aromatic heterocycles. The molecule has 2 aromatic rings. The highest BCUT2D eigenvalue weighted by atomic mass is 35.5. The Labute approximate surface area is 125 Å². The molecule has 0 aliphatic heterocycles. The Morgan fingerprint density at radius 2 is 1.85 bits per heavy atom. The van der Waals surface area contributed by atoms with Gasteiger partial charge in [0.15, 0.2) is 0 Å². The molecule has 5 heteroatoms. The maximum atomic E-state index is 14.1. The van der Waals surface area contributed by atoms with Gasteiger partial charge in [0.1, 0.15) is 5.82 Å². The number of hydrogen-bond donors (Lipinski definition) is 1. The summed E-state index contributed by atoms with van der Waals surface area (Å²) in [6.07, 6.45) is 2.26. The molecule has 0 bridgehead atoms. The van der Waals surface area contributed by atoms with Crippen LogP contribution in [-0.2, 0) is 4.79 Å². The van der Waals surface area contributed by atoms with Crippen molar-refractivity contribution >= 4 is 35.2 Å². The zero-order valence-corrected chi connectivity index (χ0v) is 11.6. The standard InChI is InChI=1S/C15H9Cl2FO2/c16-11-5-2-4-10(15(11)17)14-9(7-8-13(19)20)3-1-6-12(14)18/h1-8H,(H,19,20)/b8-7+. The average Bonchev–Trinajstić information content (AvgIpc) is 2.40. The number of rotatable bonds is 3. The second-order valence-electron chi connectivity index (χ2n) is 3.98. The summed E-state index contributed by atoms with van der Waals surface area (Å²) in [6.45, 7) is 0. The van der Waals surface area contributed by atoms with Gasteiger partial charge in [-0.15, -0.1) is 0 Å². The van der Waals surface area contributed by atoms with Gasteiger partial charge in [-0.25, -0.2) is 9.18 Å². The summed E-state index contributed by atoms with van der Waals surface area (Å²) in [4.78, 5) is 10.6. The number of benzene rings is 2. The molecule has 0 spiro atoms. The van der Waals surface area contributed by atoms with E-state index < -0.39 is 11.8 Å². The summed E-state index contributed by atoms with van der Waals surface area (Å²) >= 11 is 12.0. The molecule has 0 aliphatic carbocycles. The Morgan fingerprint density at radius 1 is 1.15 bits per heavy atom. The fourth-order valence-electron chi connectivity index (χ4n) is 1.82. The fraction of sp³-hybridized carbons (Fsp3) is 0. The molecule has 0 radical (unpaired) electrons. The first-order valence-electron chi connectivity index (χ1n) is 5.64. The predicted molar refractivity (Wildman–Crippen MR) is 78.5 cm³/mol. The number of carboxylic acid groups (broad SMARTS) is 1. The lowest BCUT2D eigenvalue weighted by molar-refractivity contribution is -0.131. The van der Waals surface area contributed by atoms with E-state index in [0.717, 1.165) is 6.08 Å². The van der Waals surface area contributed by atoms with E-state index in [2.05, 4.69) is 0 Å². The third-order valence-corrected chi connectivity index (χ3v) is 3.49. The van der Waals surface area contributed by atoms with Crippen LogP contribution in [0.3, 0.4) is 0 Å². The first-order valence-corrected chi connectivity index (χ1v) is 6.40. The smallest absolute Gasteiger partial charge is 0.328 e. The average molecular weight is 311 g/mol. The lowest BCUT2D eigenvalue weighted by atomic mass is 9.98. The topological polar surface area (TPSA) is 37.3 Å². The quantitative estimate of drug-likeness (QED) is 0.819. The SMILES string of the molecule is O=C(O)/C=C/c1cccc(F)c1-c1cccc(Cl)c1Cl. The molecule has 2 aromatic carbocycles. The van der Waals surface area contributed by atoms with E-state index >= 15 is 0 Å². The van der Waals surface area contributed by atoms with Gasteiger partial charge in [0, 0.05) is 17.2 Å². The van der Waals surface area contributed by atoms with Gasteiger partial charge in [-0.2, -0.15) is 0 Å². The fourth-order valence-corrected chi connectivity index (χ4v) is 2.22. The van der Waals surface area contributed by atoms with Gasteiger partial charge < -0.3 is 5.11 Å². The van der Waals surface area contributed by atoms with Crippen LogP contribution in [0.5, 0.6) is 0 Å². The minimum Gasteiger partial charge on any atom is -0.478 e. The van der Waals surface area contributed by atoms with E-state index in [-0.39, 0.29) is 10.6 Å². The van der Waals surface area contributed by atoms with Crippen molar-refractivity contribution < 1.29 is 14.3 Å². The molecule has 20 heavy (non-hydrogen) atoms. The van der Waals surface area contributed by atoms with Gasteiger partial charge >= 0.3 is 5.97 Å². The maximum Gasteiger partial charge on any atom is 0.328 e. The second kappa shape index (κ2) is 6.07. The van der Waals surface area contributed by atoms with Crippen LogP contribution in [0.2, 0.25) is 10.0 Å². The third kappa shape index (κ3) is 3.00. The van der Waals surface area contributed by atoms with Crippen molar-refractivity contribution in [1.29, 1.82) is 0 Å². The lowest BCUT2D eigenvalue weighted by Gasteiger charge is -2.10. The molecule has 2 rings (SSSR count). The van der Waals surface area contributed by atoms with Crippen LogP contribution in [0, 0.1) is 5.82 Å². The highest BCUT2D eigenvalue weighted by Gasteiger charge is 2.14. The number of halogens is 3. The Balaban J connectivity index is 2.67. The van der Waals surface area contributed by atoms with Crippen molar-refractivity contribution in [2.45, 2.75) is 0 Å². The minimum absolute atomic E-state index is 0.220. The van der Waals surface area contributed by atoms with Crippen LogP contribution in [0.4, 0.5) is 4.39 Å². The van der Waals surface area contributed by atoms with Crippen LogP contribution in [0.15, 0.2) is 42.5 Å². The largest absolute Gasteiger partial charge is 0.478 e. The normalized spacial score (nSPS) is 10.9. The second-order valence-corrected chi connectivity index (χ2v) is 4.76. The van der Waals surface area contributed by atoms with Gasteiger partial charge in [-0.3, -0.25) is 0 Å². The lowest BCUT2D eigenvalue weighted by Crippen LogP contribution is -1.92. The molecule has 0 saturated heterocycles. The number of aliphatic carboxylic acids is 1. The summed E-state index contributed by atoms with van der Waals surface area (Å²) in [5, 5.41) is 9.21. The van der Waals surface area contributed by atoms with Gasteiger partial charge in [0.05, 0.1) is 10.0 Å². The predicted octanol–water partition coefficient (Wildman–Crippen LogP) is 4.90. The summed E-state index contributed by atoms with van der Waals surface area (Å²) in [5.41, 5.74) is 1.05. The Morgan fingerprint density at radius 3 is 2.55 bits per heavy atom. The molecule has 2 nitrogen and oxygen atoms in total. The summed E-state index contributed by atoms with van der Waals surface area (Å²) in [7, 11) is 0. The van der Waals surface area contributed by atoms with E-state index in [1.165, 1.54) is 18.2 Å². The Bertz CT molecular complexity index is 696. The van der Waals surface area contributed by atoms with Crippen molar-refractivity contribution in [3.8, 4) is 11.1 Å². The zero-order valence-electron chi connectivity index (χ0n) is 10.1. The first kappa shape index (κ1) is 14.6. The highest BCUT2D eigenvalue weighted by Crippen LogP contribution is 2.37. The van der Waals surface area contributed by atoms with Crippen molar-refractivity contribution in [1.82, 2.24) is 0 Å². The monoisotopic (exact) mass is 310 g/mol. The van der Waals surface area contributed by atoms with Crippen LogP contribution < -0.4 is 0 Å². The van der Waals surface area contributed by atoms with Crippen molar-refractivity contribution in [2.75, 3.05) is 0 Å². The highest BCUT2D eigenvalue weighted by molar-refractivity contribution is 6.43. The van der Waals surface area contributed by atoms with Crippen molar-refractivity contribution in [3.05, 3.63) is 63.9 Å². The Hall–Kier alpha value is -1.84. The van der Waals surface area contributed by atoms with Crippen LogP contribution >= 0.6 is 23.2 Å². The van der Waals surface area contributed by atoms with Crippen molar-refractivity contribution in [2.24, 2.45) is 0 Å². The Kier molecular flexibility index (Phi) is 4.42. The van der Waals surface area contributed by atoms with Gasteiger partial charge in [0.2, 0.25) is 0 Å². The molecule has 0 unspecified atom stereocenters. The van der Waals surface area contributed by atoms with Crippen LogP contribution in [0.1, 0.15) is 5.56 Å². The minimum atomic E-state index is -1.11. The molecule has 102 valence electrons.